The van der Waals surface area contributed by atoms with Crippen molar-refractivity contribution in [2.75, 3.05) is 46.4 Å². The van der Waals surface area contributed by atoms with E-state index in [1.165, 1.54) is 31.2 Å². The molecule has 2 heterocycles. The highest BCUT2D eigenvalue weighted by Crippen LogP contribution is 2.31. The average molecular weight is 345 g/mol. The maximum absolute atomic E-state index is 12.5. The molecule has 0 aliphatic carbocycles. The van der Waals surface area contributed by atoms with E-state index in [0.717, 1.165) is 45.0 Å². The number of likely N-dealkylation sites (tertiary alicyclic amines) is 1. The van der Waals surface area contributed by atoms with E-state index < -0.39 is 0 Å². The number of amides is 1. The van der Waals surface area contributed by atoms with Crippen LogP contribution in [-0.4, -0.2) is 62.1 Å². The van der Waals surface area contributed by atoms with Crippen LogP contribution in [0, 0.1) is 0 Å². The summed E-state index contributed by atoms with van der Waals surface area (Å²) in [6, 6.07) is 8.87. The zero-order chi connectivity index (χ0) is 17.5. The van der Waals surface area contributed by atoms with Crippen molar-refractivity contribution in [3.8, 4) is 5.75 Å². The Morgan fingerprint density at radius 2 is 1.88 bits per heavy atom. The fraction of sp³-hybridized carbons (Fsp3) is 0.650. The lowest BCUT2D eigenvalue weighted by atomic mass is 10.0. The Bertz CT molecular complexity index is 540. The van der Waals surface area contributed by atoms with Gasteiger partial charge in [-0.25, -0.2) is 0 Å². The summed E-state index contributed by atoms with van der Waals surface area (Å²) in [4.78, 5) is 17.0. The molecule has 2 fully saturated rings. The number of ether oxygens (including phenoxy) is 1. The van der Waals surface area contributed by atoms with Gasteiger partial charge >= 0.3 is 0 Å². The third-order valence-corrected chi connectivity index (χ3v) is 5.45. The van der Waals surface area contributed by atoms with Gasteiger partial charge in [0.2, 0.25) is 5.91 Å². The van der Waals surface area contributed by atoms with Crippen molar-refractivity contribution in [2.24, 2.45) is 0 Å². The minimum absolute atomic E-state index is 0.305. The number of carbonyl (C=O) groups is 1. The van der Waals surface area contributed by atoms with Gasteiger partial charge in [0.25, 0.3) is 0 Å². The highest BCUT2D eigenvalue weighted by molar-refractivity contribution is 5.76. The molecule has 3 rings (SSSR count). The van der Waals surface area contributed by atoms with E-state index in [0.29, 0.717) is 18.4 Å². The topological polar surface area (TPSA) is 44.8 Å². The maximum atomic E-state index is 12.5. The Morgan fingerprint density at radius 1 is 1.12 bits per heavy atom. The van der Waals surface area contributed by atoms with Crippen LogP contribution in [-0.2, 0) is 4.79 Å². The van der Waals surface area contributed by atoms with Crippen molar-refractivity contribution in [1.82, 2.24) is 15.1 Å². The Kier molecular flexibility index (Phi) is 6.70. The maximum Gasteiger partial charge on any atom is 0.223 e. The molecule has 2 aliphatic heterocycles. The first-order chi connectivity index (χ1) is 12.3. The van der Waals surface area contributed by atoms with Gasteiger partial charge in [-0.15, -0.1) is 0 Å². The van der Waals surface area contributed by atoms with Crippen LogP contribution >= 0.6 is 0 Å². The normalized spacial score (nSPS) is 22.4. The van der Waals surface area contributed by atoms with Gasteiger partial charge in [0.05, 0.1) is 7.11 Å². The Balaban J connectivity index is 1.62. The van der Waals surface area contributed by atoms with Crippen LogP contribution in [0.3, 0.4) is 0 Å². The number of hydrogen-bond donors (Lipinski definition) is 1. The van der Waals surface area contributed by atoms with E-state index in [1.54, 1.807) is 7.11 Å². The van der Waals surface area contributed by atoms with Crippen molar-refractivity contribution in [3.63, 3.8) is 0 Å². The summed E-state index contributed by atoms with van der Waals surface area (Å²) >= 11 is 0. The lowest BCUT2D eigenvalue weighted by Crippen LogP contribution is -2.47. The summed E-state index contributed by atoms with van der Waals surface area (Å²) in [5.41, 5.74) is 1.34. The first-order valence-electron chi connectivity index (χ1n) is 9.64. The molecule has 1 N–H and O–H groups in total. The zero-order valence-electron chi connectivity index (χ0n) is 15.4. The zero-order valence-corrected chi connectivity index (χ0v) is 15.4. The van der Waals surface area contributed by atoms with Crippen LogP contribution < -0.4 is 10.1 Å². The minimum Gasteiger partial charge on any atom is -0.497 e. The fourth-order valence-electron chi connectivity index (χ4n) is 3.95. The quantitative estimate of drug-likeness (QED) is 0.890. The lowest BCUT2D eigenvalue weighted by Gasteiger charge is -2.32. The smallest absolute Gasteiger partial charge is 0.223 e. The molecule has 0 bridgehead atoms. The van der Waals surface area contributed by atoms with Crippen molar-refractivity contribution >= 4 is 5.91 Å². The second-order valence-electron chi connectivity index (χ2n) is 7.06. The number of hydrogen-bond acceptors (Lipinski definition) is 4. The summed E-state index contributed by atoms with van der Waals surface area (Å²) in [6.45, 7) is 5.49. The van der Waals surface area contributed by atoms with Gasteiger partial charge < -0.3 is 15.0 Å². The largest absolute Gasteiger partial charge is 0.497 e. The van der Waals surface area contributed by atoms with Crippen LogP contribution in [0.2, 0.25) is 0 Å². The molecule has 5 heteroatoms. The highest BCUT2D eigenvalue weighted by Gasteiger charge is 2.24. The molecule has 0 spiro atoms. The van der Waals surface area contributed by atoms with Gasteiger partial charge in [0.15, 0.2) is 0 Å². The molecular weight excluding hydrogens is 314 g/mol. The molecule has 0 aromatic heterocycles. The van der Waals surface area contributed by atoms with E-state index in [9.17, 15) is 4.79 Å². The van der Waals surface area contributed by atoms with Crippen molar-refractivity contribution < 1.29 is 9.53 Å². The number of nitrogens with zero attached hydrogens (tertiary/aromatic N) is 2. The van der Waals surface area contributed by atoms with E-state index in [1.807, 2.05) is 17.0 Å². The van der Waals surface area contributed by atoms with Crippen molar-refractivity contribution in [2.45, 2.75) is 38.1 Å². The van der Waals surface area contributed by atoms with Gasteiger partial charge in [-0.1, -0.05) is 25.0 Å². The van der Waals surface area contributed by atoms with E-state index in [-0.39, 0.29) is 0 Å². The number of methoxy groups -OCH3 is 1. The summed E-state index contributed by atoms with van der Waals surface area (Å²) in [6.07, 6.45) is 5.59. The van der Waals surface area contributed by atoms with Crippen LogP contribution in [0.1, 0.15) is 43.7 Å². The Labute approximate surface area is 151 Å². The van der Waals surface area contributed by atoms with E-state index in [2.05, 4.69) is 22.3 Å². The fourth-order valence-corrected chi connectivity index (χ4v) is 3.95. The first kappa shape index (κ1) is 18.2. The highest BCUT2D eigenvalue weighted by atomic mass is 16.5. The third kappa shape index (κ3) is 4.95. The number of rotatable bonds is 5. The summed E-state index contributed by atoms with van der Waals surface area (Å²) in [5.74, 6) is 1.21. The molecule has 2 saturated heterocycles. The second kappa shape index (κ2) is 9.20. The van der Waals surface area contributed by atoms with Gasteiger partial charge in [-0.05, 0) is 37.1 Å². The van der Waals surface area contributed by atoms with Crippen LogP contribution in [0.5, 0.6) is 5.75 Å². The molecule has 1 unspecified atom stereocenters. The molecule has 0 saturated carbocycles. The van der Waals surface area contributed by atoms with E-state index >= 15 is 0 Å². The molecule has 1 aromatic carbocycles. The summed E-state index contributed by atoms with van der Waals surface area (Å²) < 4.78 is 5.29. The standard InChI is InChI=1S/C20H31N3O2/c1-25-18-8-6-17(7-9-18)19-5-3-2-4-13-22(19)14-10-20(24)23-15-11-21-12-16-23/h6-9,19,21H,2-5,10-16H2,1H3. The Morgan fingerprint density at radius 3 is 2.60 bits per heavy atom. The van der Waals surface area contributed by atoms with Gasteiger partial charge in [0, 0.05) is 45.2 Å². The number of carbonyl (C=O) groups excluding carboxylic acids is 1. The molecule has 1 aromatic rings. The molecule has 1 atom stereocenters. The van der Waals surface area contributed by atoms with Crippen LogP contribution in [0.4, 0.5) is 0 Å². The molecule has 138 valence electrons. The Hall–Kier alpha value is -1.59. The van der Waals surface area contributed by atoms with Gasteiger partial charge in [0.1, 0.15) is 5.75 Å². The van der Waals surface area contributed by atoms with Gasteiger partial charge in [-0.3, -0.25) is 9.69 Å². The third-order valence-electron chi connectivity index (χ3n) is 5.45. The van der Waals surface area contributed by atoms with Crippen molar-refractivity contribution in [1.29, 1.82) is 0 Å². The molecule has 0 radical (unpaired) electrons. The predicted molar refractivity (Wildman–Crippen MR) is 99.8 cm³/mol. The molecule has 2 aliphatic rings. The summed E-state index contributed by atoms with van der Waals surface area (Å²) in [5, 5.41) is 3.31. The van der Waals surface area contributed by atoms with Crippen molar-refractivity contribution in [3.05, 3.63) is 29.8 Å². The summed E-state index contributed by atoms with van der Waals surface area (Å²) in [7, 11) is 1.70. The number of nitrogens with one attached hydrogen (secondary N) is 1. The monoisotopic (exact) mass is 345 g/mol. The van der Waals surface area contributed by atoms with E-state index in [4.69, 9.17) is 4.74 Å². The molecular formula is C20H31N3O2. The lowest BCUT2D eigenvalue weighted by molar-refractivity contribution is -0.132. The van der Waals surface area contributed by atoms with Crippen LogP contribution in [0.25, 0.3) is 0 Å². The predicted octanol–water partition coefficient (Wildman–Crippen LogP) is 2.43. The number of piperazine rings is 1. The molecule has 1 amide bonds. The van der Waals surface area contributed by atoms with Gasteiger partial charge in [-0.2, -0.15) is 0 Å². The second-order valence-corrected chi connectivity index (χ2v) is 7.06. The van der Waals surface area contributed by atoms with Crippen LogP contribution in [0.15, 0.2) is 24.3 Å². The molecule has 25 heavy (non-hydrogen) atoms. The minimum atomic E-state index is 0.305. The molecule has 5 nitrogen and oxygen atoms in total. The average Bonchev–Trinajstić information content (AvgIpc) is 2.92. The number of benzene rings is 1. The first-order valence-corrected chi connectivity index (χ1v) is 9.64. The SMILES string of the molecule is COc1ccc(C2CCCCCN2CCC(=O)N2CCNCC2)cc1.